The number of nitrogens with zero attached hydrogens (tertiary/aromatic N) is 2. The molecule has 0 heterocycles. The third-order valence-corrected chi connectivity index (χ3v) is 3.18. The van der Waals surface area contributed by atoms with Gasteiger partial charge in [0.1, 0.15) is 10.8 Å². The van der Waals surface area contributed by atoms with Crippen LogP contribution in [0.25, 0.3) is 0 Å². The van der Waals surface area contributed by atoms with Crippen LogP contribution >= 0.6 is 23.5 Å². The number of hydrogen-bond acceptors (Lipinski definition) is 4. The molecule has 0 aromatic heterocycles. The van der Waals surface area contributed by atoms with Gasteiger partial charge in [0.05, 0.1) is 0 Å². The van der Waals surface area contributed by atoms with Gasteiger partial charge >= 0.3 is 0 Å². The van der Waals surface area contributed by atoms with Gasteiger partial charge in [-0.15, -0.1) is 0 Å². The van der Waals surface area contributed by atoms with Gasteiger partial charge in [-0.05, 0) is 29.9 Å². The molecule has 0 N–H and O–H groups in total. The Hall–Kier alpha value is -0.320. The summed E-state index contributed by atoms with van der Waals surface area (Å²) in [7, 11) is 0. The molecule has 4 heteroatoms. The van der Waals surface area contributed by atoms with E-state index in [1.807, 2.05) is 5.40 Å². The third kappa shape index (κ3) is 6.39. The monoisotopic (exact) mass is 200 g/mol. The van der Waals surface area contributed by atoms with Gasteiger partial charge in [-0.25, -0.2) is 0 Å². The van der Waals surface area contributed by atoms with Gasteiger partial charge in [0.25, 0.3) is 0 Å². The van der Waals surface area contributed by atoms with Gasteiger partial charge in [0, 0.05) is 11.0 Å². The second-order valence-corrected chi connectivity index (χ2v) is 4.27. The molecule has 0 aromatic carbocycles. The maximum atomic E-state index is 8.46. The lowest BCUT2D eigenvalue weighted by atomic mass is 10.2. The Morgan fingerprint density at radius 2 is 2.08 bits per heavy atom. The van der Waals surface area contributed by atoms with Gasteiger partial charge in [0.15, 0.2) is 0 Å². The zero-order valence-electron chi connectivity index (χ0n) is 7.12. The number of thiocyanates is 2. The summed E-state index contributed by atoms with van der Waals surface area (Å²) < 4.78 is 0. The molecule has 0 aliphatic rings. The zero-order chi connectivity index (χ0) is 9.23. The SMILES string of the molecule is CCCCC(CSC#N)SC#N. The van der Waals surface area contributed by atoms with Crippen molar-refractivity contribution in [2.75, 3.05) is 5.75 Å². The Kier molecular flexibility index (Phi) is 8.54. The molecule has 0 radical (unpaired) electrons. The van der Waals surface area contributed by atoms with E-state index in [2.05, 4.69) is 12.3 Å². The van der Waals surface area contributed by atoms with Crippen molar-refractivity contribution in [1.29, 1.82) is 10.5 Å². The molecule has 0 amide bonds. The zero-order valence-corrected chi connectivity index (χ0v) is 8.75. The quantitative estimate of drug-likeness (QED) is 0.618. The van der Waals surface area contributed by atoms with Gasteiger partial charge < -0.3 is 0 Å². The third-order valence-electron chi connectivity index (χ3n) is 1.43. The molecule has 0 saturated carbocycles. The van der Waals surface area contributed by atoms with E-state index in [1.165, 1.54) is 23.5 Å². The maximum absolute atomic E-state index is 8.46. The van der Waals surface area contributed by atoms with E-state index >= 15 is 0 Å². The smallest absolute Gasteiger partial charge is 0.133 e. The first-order valence-electron chi connectivity index (χ1n) is 3.90. The van der Waals surface area contributed by atoms with Gasteiger partial charge in [-0.2, -0.15) is 10.5 Å². The topological polar surface area (TPSA) is 47.6 Å². The first kappa shape index (κ1) is 11.7. The molecule has 0 aromatic rings. The Balaban J connectivity index is 3.57. The molecule has 1 atom stereocenters. The summed E-state index contributed by atoms with van der Waals surface area (Å²) in [5, 5.41) is 21.2. The lowest BCUT2D eigenvalue weighted by Crippen LogP contribution is -2.04. The van der Waals surface area contributed by atoms with Crippen LogP contribution in [0.1, 0.15) is 26.2 Å². The second kappa shape index (κ2) is 8.77. The van der Waals surface area contributed by atoms with E-state index in [9.17, 15) is 0 Å². The number of nitriles is 2. The highest BCUT2D eigenvalue weighted by molar-refractivity contribution is 8.07. The normalized spacial score (nSPS) is 11.6. The van der Waals surface area contributed by atoms with Crippen molar-refractivity contribution in [2.45, 2.75) is 31.4 Å². The van der Waals surface area contributed by atoms with Crippen molar-refractivity contribution in [3.05, 3.63) is 0 Å². The first-order valence-corrected chi connectivity index (χ1v) is 5.77. The van der Waals surface area contributed by atoms with Crippen molar-refractivity contribution in [3.63, 3.8) is 0 Å². The minimum atomic E-state index is 0.333. The van der Waals surface area contributed by atoms with Crippen LogP contribution < -0.4 is 0 Å². The standard InChI is InChI=1S/C8H12N2S2/c1-2-3-4-8(12-7-10)5-11-6-9/h8H,2-5H2,1H3. The molecular formula is C8H12N2S2. The van der Waals surface area contributed by atoms with Crippen LogP contribution in [-0.4, -0.2) is 11.0 Å². The number of thioether (sulfide) groups is 2. The van der Waals surface area contributed by atoms with Crippen molar-refractivity contribution in [2.24, 2.45) is 0 Å². The fraction of sp³-hybridized carbons (Fsp3) is 0.750. The van der Waals surface area contributed by atoms with Crippen LogP contribution in [0.15, 0.2) is 0 Å². The summed E-state index contributed by atoms with van der Waals surface area (Å²) in [6, 6.07) is 0. The molecule has 1 unspecified atom stereocenters. The molecule has 66 valence electrons. The van der Waals surface area contributed by atoms with E-state index in [-0.39, 0.29) is 0 Å². The molecule has 2 nitrogen and oxygen atoms in total. The summed E-state index contributed by atoms with van der Waals surface area (Å²) in [6.45, 7) is 2.13. The molecule has 0 bridgehead atoms. The van der Waals surface area contributed by atoms with E-state index < -0.39 is 0 Å². The van der Waals surface area contributed by atoms with E-state index in [0.717, 1.165) is 25.0 Å². The predicted octanol–water partition coefficient (Wildman–Crippen LogP) is 2.97. The summed E-state index contributed by atoms with van der Waals surface area (Å²) >= 11 is 2.53. The largest absolute Gasteiger partial charge is 0.185 e. The summed E-state index contributed by atoms with van der Waals surface area (Å²) in [6.07, 6.45) is 3.34. The highest BCUT2D eigenvalue weighted by Gasteiger charge is 2.08. The average Bonchev–Trinajstić information content (AvgIpc) is 2.10. The lowest BCUT2D eigenvalue weighted by Gasteiger charge is -2.08. The summed E-state index contributed by atoms with van der Waals surface area (Å²) in [5.41, 5.74) is 0. The maximum Gasteiger partial charge on any atom is 0.133 e. The Morgan fingerprint density at radius 1 is 1.33 bits per heavy atom. The molecular weight excluding hydrogens is 188 g/mol. The highest BCUT2D eigenvalue weighted by Crippen LogP contribution is 2.20. The first-order chi connectivity index (χ1) is 5.85. The lowest BCUT2D eigenvalue weighted by molar-refractivity contribution is 0.719. The Morgan fingerprint density at radius 3 is 2.58 bits per heavy atom. The van der Waals surface area contributed by atoms with E-state index in [0.29, 0.717) is 5.25 Å². The van der Waals surface area contributed by atoms with Crippen molar-refractivity contribution >= 4 is 23.5 Å². The van der Waals surface area contributed by atoms with Crippen LogP contribution in [0.4, 0.5) is 0 Å². The second-order valence-electron chi connectivity index (χ2n) is 2.38. The number of unbranched alkanes of at least 4 members (excludes halogenated alkanes) is 1. The molecule has 0 spiro atoms. The molecule has 0 rings (SSSR count). The minimum Gasteiger partial charge on any atom is -0.185 e. The van der Waals surface area contributed by atoms with Crippen LogP contribution in [0.5, 0.6) is 0 Å². The van der Waals surface area contributed by atoms with Crippen molar-refractivity contribution < 1.29 is 0 Å². The van der Waals surface area contributed by atoms with Gasteiger partial charge in [0.2, 0.25) is 0 Å². The summed E-state index contributed by atoms with van der Waals surface area (Å²) in [4.78, 5) is 0. The van der Waals surface area contributed by atoms with E-state index in [1.54, 1.807) is 0 Å². The number of rotatable bonds is 6. The molecule has 0 fully saturated rings. The fourth-order valence-corrected chi connectivity index (χ4v) is 2.15. The molecule has 12 heavy (non-hydrogen) atoms. The Bertz CT molecular complexity index is 180. The van der Waals surface area contributed by atoms with Crippen molar-refractivity contribution in [3.8, 4) is 10.8 Å². The summed E-state index contributed by atoms with van der Waals surface area (Å²) in [5.74, 6) is 0.773. The van der Waals surface area contributed by atoms with Crippen molar-refractivity contribution in [1.82, 2.24) is 0 Å². The minimum absolute atomic E-state index is 0.333. The molecule has 0 aliphatic heterocycles. The highest BCUT2D eigenvalue weighted by atomic mass is 32.2. The Labute approximate surface area is 82.3 Å². The predicted molar refractivity (Wildman–Crippen MR) is 54.6 cm³/mol. The van der Waals surface area contributed by atoms with Crippen LogP contribution in [0.2, 0.25) is 0 Å². The van der Waals surface area contributed by atoms with Crippen LogP contribution in [0, 0.1) is 21.3 Å². The van der Waals surface area contributed by atoms with Crippen LogP contribution in [-0.2, 0) is 0 Å². The molecule has 0 saturated heterocycles. The van der Waals surface area contributed by atoms with Gasteiger partial charge in [-0.3, -0.25) is 0 Å². The van der Waals surface area contributed by atoms with E-state index in [4.69, 9.17) is 10.5 Å². The van der Waals surface area contributed by atoms with Crippen LogP contribution in [0.3, 0.4) is 0 Å². The molecule has 0 aliphatic carbocycles. The number of hydrogen-bond donors (Lipinski definition) is 0. The van der Waals surface area contributed by atoms with Gasteiger partial charge in [-0.1, -0.05) is 19.8 Å². The fourth-order valence-electron chi connectivity index (χ4n) is 0.813. The average molecular weight is 200 g/mol.